The summed E-state index contributed by atoms with van der Waals surface area (Å²) in [5.74, 6) is 0.860. The number of hydrogen-bond acceptors (Lipinski definition) is 4. The second-order valence-electron chi connectivity index (χ2n) is 4.96. The van der Waals surface area contributed by atoms with Gasteiger partial charge in [-0.3, -0.25) is 4.79 Å². The summed E-state index contributed by atoms with van der Waals surface area (Å²) >= 11 is 5.63. The molecule has 0 radical (unpaired) electrons. The molecule has 0 aliphatic rings. The van der Waals surface area contributed by atoms with Crippen LogP contribution in [0.25, 0.3) is 6.08 Å². The van der Waals surface area contributed by atoms with Crippen molar-refractivity contribution >= 4 is 23.5 Å². The van der Waals surface area contributed by atoms with Gasteiger partial charge in [-0.05, 0) is 48.0 Å². The summed E-state index contributed by atoms with van der Waals surface area (Å²) in [7, 11) is 1.48. The number of ketones is 1. The summed E-state index contributed by atoms with van der Waals surface area (Å²) in [5, 5.41) is 10.1. The summed E-state index contributed by atoms with van der Waals surface area (Å²) in [6, 6.07) is 11.6. The number of phenols is 1. The number of hydrogen-bond donors (Lipinski definition) is 1. The van der Waals surface area contributed by atoms with Crippen molar-refractivity contribution in [1.82, 2.24) is 0 Å². The number of phenolic OH excluding ortho intramolecular Hbond substituents is 1. The van der Waals surface area contributed by atoms with Crippen molar-refractivity contribution in [3.8, 4) is 17.2 Å². The Kier molecular flexibility index (Phi) is 6.04. The van der Waals surface area contributed by atoms with Crippen LogP contribution in [-0.4, -0.2) is 24.6 Å². The summed E-state index contributed by atoms with van der Waals surface area (Å²) in [5.41, 5.74) is 1.23. The number of aromatic hydroxyl groups is 1. The molecule has 0 amide bonds. The second kappa shape index (κ2) is 8.22. The zero-order chi connectivity index (χ0) is 17.5. The average molecular weight is 345 g/mol. The molecule has 0 fully saturated rings. The van der Waals surface area contributed by atoms with Crippen molar-refractivity contribution in [2.45, 2.75) is 0 Å². The molecule has 2 aromatic carbocycles. The number of ether oxygens (including phenoxy) is 2. The molecule has 0 unspecified atom stereocenters. The number of rotatable bonds is 7. The van der Waals surface area contributed by atoms with Crippen molar-refractivity contribution < 1.29 is 19.4 Å². The maximum absolute atomic E-state index is 12.2. The van der Waals surface area contributed by atoms with Crippen molar-refractivity contribution in [3.63, 3.8) is 0 Å². The summed E-state index contributed by atoms with van der Waals surface area (Å²) in [4.78, 5) is 12.2. The van der Waals surface area contributed by atoms with E-state index in [2.05, 4.69) is 6.58 Å². The minimum absolute atomic E-state index is 0.0227. The lowest BCUT2D eigenvalue weighted by Crippen LogP contribution is -1.98. The number of carbonyl (C=O) groups is 1. The number of halogens is 1. The van der Waals surface area contributed by atoms with E-state index >= 15 is 0 Å². The largest absolute Gasteiger partial charge is 0.504 e. The van der Waals surface area contributed by atoms with Crippen LogP contribution in [-0.2, 0) is 0 Å². The SMILES string of the molecule is C=C(Cl)COc1ccc(C(=O)C=Cc2ccc(OC)c(O)c2)cc1. The van der Waals surface area contributed by atoms with E-state index in [0.29, 0.717) is 27.7 Å². The maximum atomic E-state index is 12.2. The molecule has 2 rings (SSSR count). The van der Waals surface area contributed by atoms with Crippen LogP contribution in [0.2, 0.25) is 0 Å². The first-order valence-corrected chi connectivity index (χ1v) is 7.53. The zero-order valence-corrected chi connectivity index (χ0v) is 13.9. The lowest BCUT2D eigenvalue weighted by Gasteiger charge is -2.05. The molecule has 5 heteroatoms. The predicted molar refractivity (Wildman–Crippen MR) is 95.0 cm³/mol. The van der Waals surface area contributed by atoms with Gasteiger partial charge in [0.1, 0.15) is 12.4 Å². The molecule has 24 heavy (non-hydrogen) atoms. The topological polar surface area (TPSA) is 55.8 Å². The van der Waals surface area contributed by atoms with E-state index in [1.165, 1.54) is 19.3 Å². The molecule has 0 saturated heterocycles. The third-order valence-electron chi connectivity index (χ3n) is 3.16. The van der Waals surface area contributed by atoms with Crippen LogP contribution in [0.15, 0.2) is 60.2 Å². The Balaban J connectivity index is 2.03. The van der Waals surface area contributed by atoms with E-state index in [1.807, 2.05) is 0 Å². The molecule has 0 spiro atoms. The monoisotopic (exact) mass is 344 g/mol. The fraction of sp³-hybridized carbons (Fsp3) is 0.105. The molecule has 0 saturated carbocycles. The van der Waals surface area contributed by atoms with Crippen LogP contribution < -0.4 is 9.47 Å². The van der Waals surface area contributed by atoms with Gasteiger partial charge in [0.15, 0.2) is 17.3 Å². The van der Waals surface area contributed by atoms with Crippen LogP contribution >= 0.6 is 11.6 Å². The molecular weight excluding hydrogens is 328 g/mol. The highest BCUT2D eigenvalue weighted by Crippen LogP contribution is 2.26. The molecule has 4 nitrogen and oxygen atoms in total. The van der Waals surface area contributed by atoms with Crippen molar-refractivity contribution in [2.24, 2.45) is 0 Å². The van der Waals surface area contributed by atoms with E-state index in [1.54, 1.807) is 42.5 Å². The number of carbonyl (C=O) groups excluding carboxylic acids is 1. The molecule has 0 aliphatic heterocycles. The fourth-order valence-electron chi connectivity index (χ4n) is 1.96. The number of benzene rings is 2. The van der Waals surface area contributed by atoms with Gasteiger partial charge in [0.25, 0.3) is 0 Å². The fourth-order valence-corrected chi connectivity index (χ4v) is 2.01. The minimum Gasteiger partial charge on any atom is -0.504 e. The Bertz CT molecular complexity index is 763. The molecular formula is C19H17ClO4. The van der Waals surface area contributed by atoms with Crippen LogP contribution in [0.5, 0.6) is 17.2 Å². The molecule has 0 aromatic heterocycles. The minimum atomic E-state index is -0.154. The van der Waals surface area contributed by atoms with Gasteiger partial charge in [0, 0.05) is 10.6 Å². The van der Waals surface area contributed by atoms with Crippen molar-refractivity contribution in [1.29, 1.82) is 0 Å². The van der Waals surface area contributed by atoms with Crippen LogP contribution in [0.3, 0.4) is 0 Å². The van der Waals surface area contributed by atoms with E-state index in [0.717, 1.165) is 0 Å². The van der Waals surface area contributed by atoms with Crippen LogP contribution in [0, 0.1) is 0 Å². The Morgan fingerprint density at radius 2 is 1.96 bits per heavy atom. The van der Waals surface area contributed by atoms with E-state index < -0.39 is 0 Å². The van der Waals surface area contributed by atoms with E-state index in [-0.39, 0.29) is 18.1 Å². The highest BCUT2D eigenvalue weighted by atomic mass is 35.5. The Morgan fingerprint density at radius 1 is 1.25 bits per heavy atom. The summed E-state index contributed by atoms with van der Waals surface area (Å²) in [6.07, 6.45) is 3.07. The standard InChI is InChI=1S/C19H17ClO4/c1-13(20)12-24-16-7-5-15(6-8-16)17(21)9-3-14-4-10-19(23-2)18(22)11-14/h3-11,22H,1,12H2,2H3. The van der Waals surface area contributed by atoms with Gasteiger partial charge < -0.3 is 14.6 Å². The maximum Gasteiger partial charge on any atom is 0.185 e. The lowest BCUT2D eigenvalue weighted by atomic mass is 10.1. The molecule has 2 aromatic rings. The lowest BCUT2D eigenvalue weighted by molar-refractivity contribution is 0.104. The van der Waals surface area contributed by atoms with Gasteiger partial charge >= 0.3 is 0 Å². The first-order chi connectivity index (χ1) is 11.5. The van der Waals surface area contributed by atoms with Gasteiger partial charge in [-0.15, -0.1) is 0 Å². The zero-order valence-electron chi connectivity index (χ0n) is 13.2. The first kappa shape index (κ1) is 17.6. The number of allylic oxidation sites excluding steroid dienone is 1. The van der Waals surface area contributed by atoms with Crippen molar-refractivity contribution in [2.75, 3.05) is 13.7 Å². The summed E-state index contributed by atoms with van der Waals surface area (Å²) in [6.45, 7) is 3.76. The highest BCUT2D eigenvalue weighted by molar-refractivity contribution is 6.29. The smallest absolute Gasteiger partial charge is 0.185 e. The third-order valence-corrected chi connectivity index (χ3v) is 3.27. The number of methoxy groups -OCH3 is 1. The third kappa shape index (κ3) is 4.89. The van der Waals surface area contributed by atoms with E-state index in [9.17, 15) is 9.90 Å². The average Bonchev–Trinajstić information content (AvgIpc) is 2.58. The quantitative estimate of drug-likeness (QED) is 0.596. The van der Waals surface area contributed by atoms with E-state index in [4.69, 9.17) is 21.1 Å². The van der Waals surface area contributed by atoms with Gasteiger partial charge in [0.2, 0.25) is 0 Å². The Labute approximate surface area is 145 Å². The predicted octanol–water partition coefficient (Wildman–Crippen LogP) is 4.43. The summed E-state index contributed by atoms with van der Waals surface area (Å²) < 4.78 is 10.3. The molecule has 0 atom stereocenters. The second-order valence-corrected chi connectivity index (χ2v) is 5.49. The highest BCUT2D eigenvalue weighted by Gasteiger charge is 2.04. The molecule has 0 heterocycles. The molecule has 1 N–H and O–H groups in total. The van der Waals surface area contributed by atoms with Gasteiger partial charge in [-0.25, -0.2) is 0 Å². The molecule has 124 valence electrons. The normalized spacial score (nSPS) is 10.6. The Hall–Kier alpha value is -2.72. The van der Waals surface area contributed by atoms with Gasteiger partial charge in [-0.2, -0.15) is 0 Å². The Morgan fingerprint density at radius 3 is 2.54 bits per heavy atom. The van der Waals surface area contributed by atoms with Crippen molar-refractivity contribution in [3.05, 3.63) is 71.3 Å². The molecule has 0 bridgehead atoms. The first-order valence-electron chi connectivity index (χ1n) is 7.15. The van der Waals surface area contributed by atoms with Crippen LogP contribution in [0.1, 0.15) is 15.9 Å². The van der Waals surface area contributed by atoms with Gasteiger partial charge in [0.05, 0.1) is 7.11 Å². The van der Waals surface area contributed by atoms with Gasteiger partial charge in [-0.1, -0.05) is 30.3 Å². The van der Waals surface area contributed by atoms with Crippen LogP contribution in [0.4, 0.5) is 0 Å². The molecule has 0 aliphatic carbocycles.